The summed E-state index contributed by atoms with van der Waals surface area (Å²) in [4.78, 5) is 11.9. The van der Waals surface area contributed by atoms with Gasteiger partial charge in [-0.15, -0.1) is 5.10 Å². The van der Waals surface area contributed by atoms with Crippen LogP contribution in [-0.2, 0) is 11.2 Å². The fourth-order valence-electron chi connectivity index (χ4n) is 4.14. The highest BCUT2D eigenvalue weighted by Gasteiger charge is 2.45. The van der Waals surface area contributed by atoms with E-state index in [4.69, 9.17) is 4.74 Å². The van der Waals surface area contributed by atoms with E-state index in [0.717, 1.165) is 37.8 Å². The van der Waals surface area contributed by atoms with E-state index in [-0.39, 0.29) is 11.8 Å². The van der Waals surface area contributed by atoms with Crippen molar-refractivity contribution in [3.8, 4) is 0 Å². The lowest BCUT2D eigenvalue weighted by Gasteiger charge is -2.51. The molecule has 2 fully saturated rings. The summed E-state index contributed by atoms with van der Waals surface area (Å²) in [5, 5.41) is 17.9. The summed E-state index contributed by atoms with van der Waals surface area (Å²) < 4.78 is 5.30. The maximum Gasteiger partial charge on any atom is 0.359 e. The van der Waals surface area contributed by atoms with E-state index in [1.165, 1.54) is 12.8 Å². The topological polar surface area (TPSA) is 72.3 Å². The highest BCUT2D eigenvalue weighted by molar-refractivity contribution is 5.87. The normalized spacial score (nSPS) is 27.9. The number of rotatable bonds is 3. The monoisotopic (exact) mass is 362 g/mol. The lowest BCUT2D eigenvalue weighted by molar-refractivity contribution is -0.0247. The molecule has 2 aliphatic carbocycles. The molecular formula is C21H34N2O3. The molecule has 26 heavy (non-hydrogen) atoms. The highest BCUT2D eigenvalue weighted by Crippen LogP contribution is 2.55. The molecule has 1 aromatic heterocycles. The van der Waals surface area contributed by atoms with E-state index < -0.39 is 11.6 Å². The molecule has 2 saturated carbocycles. The molecule has 1 N–H and O–H groups in total. The van der Waals surface area contributed by atoms with Crippen molar-refractivity contribution in [2.75, 3.05) is 0 Å². The molecule has 0 saturated heterocycles. The van der Waals surface area contributed by atoms with Crippen LogP contribution in [0.5, 0.6) is 0 Å². The third-order valence-electron chi connectivity index (χ3n) is 5.28. The van der Waals surface area contributed by atoms with E-state index in [1.54, 1.807) is 6.07 Å². The van der Waals surface area contributed by atoms with Crippen molar-refractivity contribution in [1.29, 1.82) is 0 Å². The zero-order chi connectivity index (χ0) is 19.4. The molecule has 146 valence electrons. The van der Waals surface area contributed by atoms with Crippen LogP contribution in [0.4, 0.5) is 0 Å². The molecule has 1 spiro atoms. The SMILES string of the molecule is CC.CC(C)(C)OC(=O)c1ccc(CC2CC3(CCC(O)CC3)C2)nn1. The van der Waals surface area contributed by atoms with Crippen LogP contribution in [0.2, 0.25) is 0 Å². The Morgan fingerprint density at radius 1 is 1.19 bits per heavy atom. The van der Waals surface area contributed by atoms with Crippen LogP contribution < -0.4 is 0 Å². The smallest absolute Gasteiger partial charge is 0.359 e. The van der Waals surface area contributed by atoms with Crippen molar-refractivity contribution < 1.29 is 14.6 Å². The number of hydrogen-bond donors (Lipinski definition) is 1. The summed E-state index contributed by atoms with van der Waals surface area (Å²) in [6.07, 6.45) is 7.54. The van der Waals surface area contributed by atoms with Gasteiger partial charge in [0.2, 0.25) is 0 Å². The number of nitrogens with zero attached hydrogens (tertiary/aromatic N) is 2. The Bertz CT molecular complexity index is 576. The van der Waals surface area contributed by atoms with Crippen molar-refractivity contribution in [2.45, 2.75) is 91.3 Å². The minimum atomic E-state index is -0.523. The fourth-order valence-corrected chi connectivity index (χ4v) is 4.14. The second-order valence-corrected chi connectivity index (χ2v) is 8.62. The molecule has 2 aliphatic rings. The Labute approximate surface area is 157 Å². The number of ether oxygens (including phenoxy) is 1. The highest BCUT2D eigenvalue weighted by atomic mass is 16.6. The van der Waals surface area contributed by atoms with Gasteiger partial charge >= 0.3 is 5.97 Å². The van der Waals surface area contributed by atoms with Crippen molar-refractivity contribution in [2.24, 2.45) is 11.3 Å². The van der Waals surface area contributed by atoms with Crippen molar-refractivity contribution in [3.63, 3.8) is 0 Å². The Morgan fingerprint density at radius 2 is 1.81 bits per heavy atom. The molecule has 1 aromatic rings. The standard InChI is InChI=1S/C19H28N2O3.C2H6/c1-18(2,3)24-17(23)16-5-4-14(20-21-16)10-13-11-19(12-13)8-6-15(22)7-9-19;1-2/h4-5,13,15,22H,6-12H2,1-3H3;1-2H3. The molecule has 5 nitrogen and oxygen atoms in total. The largest absolute Gasteiger partial charge is 0.455 e. The summed E-state index contributed by atoms with van der Waals surface area (Å²) >= 11 is 0. The maximum absolute atomic E-state index is 11.9. The van der Waals surface area contributed by atoms with Crippen LogP contribution in [-0.4, -0.2) is 33.0 Å². The molecule has 0 bridgehead atoms. The first-order valence-corrected chi connectivity index (χ1v) is 9.99. The summed E-state index contributed by atoms with van der Waals surface area (Å²) in [5.74, 6) is 0.229. The van der Waals surface area contributed by atoms with E-state index in [2.05, 4.69) is 10.2 Å². The lowest BCUT2D eigenvalue weighted by Crippen LogP contribution is -2.42. The van der Waals surface area contributed by atoms with E-state index in [9.17, 15) is 9.90 Å². The Kier molecular flexibility index (Phi) is 6.78. The molecule has 0 atom stereocenters. The summed E-state index contributed by atoms with van der Waals surface area (Å²) in [5.41, 5.74) is 1.16. The molecule has 0 amide bonds. The lowest BCUT2D eigenvalue weighted by atomic mass is 9.55. The predicted molar refractivity (Wildman–Crippen MR) is 102 cm³/mol. The predicted octanol–water partition coefficient (Wildman–Crippen LogP) is 4.33. The average molecular weight is 363 g/mol. The first-order valence-electron chi connectivity index (χ1n) is 9.99. The van der Waals surface area contributed by atoms with Crippen LogP contribution >= 0.6 is 0 Å². The van der Waals surface area contributed by atoms with Gasteiger partial charge in [-0.05, 0) is 89.2 Å². The van der Waals surface area contributed by atoms with Gasteiger partial charge < -0.3 is 9.84 Å². The number of esters is 1. The number of hydrogen-bond acceptors (Lipinski definition) is 5. The fraction of sp³-hybridized carbons (Fsp3) is 0.762. The second-order valence-electron chi connectivity index (χ2n) is 8.62. The minimum absolute atomic E-state index is 0.0825. The molecule has 5 heteroatoms. The van der Waals surface area contributed by atoms with E-state index in [1.807, 2.05) is 40.7 Å². The molecule has 0 radical (unpaired) electrons. The zero-order valence-electron chi connectivity index (χ0n) is 16.9. The van der Waals surface area contributed by atoms with Gasteiger partial charge in [-0.2, -0.15) is 5.10 Å². The van der Waals surface area contributed by atoms with Gasteiger partial charge in [0.05, 0.1) is 11.8 Å². The number of aromatic nitrogens is 2. The van der Waals surface area contributed by atoms with Gasteiger partial charge in [0.15, 0.2) is 5.69 Å². The third-order valence-corrected chi connectivity index (χ3v) is 5.28. The van der Waals surface area contributed by atoms with E-state index >= 15 is 0 Å². The molecule has 0 aliphatic heterocycles. The number of aliphatic hydroxyl groups is 1. The Morgan fingerprint density at radius 3 is 2.31 bits per heavy atom. The van der Waals surface area contributed by atoms with Gasteiger partial charge in [0, 0.05) is 0 Å². The molecule has 1 heterocycles. The third kappa shape index (κ3) is 5.50. The van der Waals surface area contributed by atoms with Crippen LogP contribution in [0.1, 0.15) is 89.3 Å². The summed E-state index contributed by atoms with van der Waals surface area (Å²) in [6.45, 7) is 9.51. The number of carbonyl (C=O) groups is 1. The molecule has 0 aromatic carbocycles. The zero-order valence-corrected chi connectivity index (χ0v) is 16.9. The maximum atomic E-state index is 11.9. The minimum Gasteiger partial charge on any atom is -0.455 e. The van der Waals surface area contributed by atoms with Gasteiger partial charge in [-0.25, -0.2) is 4.79 Å². The Balaban J connectivity index is 0.00000117. The molecule has 3 rings (SSSR count). The number of aliphatic hydroxyl groups excluding tert-OH is 1. The van der Waals surface area contributed by atoms with Gasteiger partial charge in [0.25, 0.3) is 0 Å². The first-order chi connectivity index (χ1) is 12.2. The molecular weight excluding hydrogens is 328 g/mol. The van der Waals surface area contributed by atoms with Crippen molar-refractivity contribution >= 4 is 5.97 Å². The summed E-state index contributed by atoms with van der Waals surface area (Å²) in [6, 6.07) is 3.60. The van der Waals surface area contributed by atoms with Gasteiger partial charge in [-0.1, -0.05) is 13.8 Å². The van der Waals surface area contributed by atoms with Crippen LogP contribution in [0.3, 0.4) is 0 Å². The molecule has 0 unspecified atom stereocenters. The number of carbonyl (C=O) groups excluding carboxylic acids is 1. The average Bonchev–Trinajstić information content (AvgIpc) is 2.56. The van der Waals surface area contributed by atoms with Gasteiger partial charge in [-0.3, -0.25) is 0 Å². The van der Waals surface area contributed by atoms with Crippen molar-refractivity contribution in [3.05, 3.63) is 23.5 Å². The van der Waals surface area contributed by atoms with Crippen LogP contribution in [0.15, 0.2) is 12.1 Å². The quantitative estimate of drug-likeness (QED) is 0.810. The van der Waals surface area contributed by atoms with Crippen molar-refractivity contribution in [1.82, 2.24) is 10.2 Å². The van der Waals surface area contributed by atoms with Gasteiger partial charge in [0.1, 0.15) is 5.60 Å². The van der Waals surface area contributed by atoms with E-state index in [0.29, 0.717) is 11.3 Å². The summed E-state index contributed by atoms with van der Waals surface area (Å²) in [7, 11) is 0. The Hall–Kier alpha value is -1.49. The van der Waals surface area contributed by atoms with Crippen LogP contribution in [0.25, 0.3) is 0 Å². The first kappa shape index (κ1) is 20.8. The van der Waals surface area contributed by atoms with Crippen LogP contribution in [0, 0.1) is 11.3 Å². The second kappa shape index (κ2) is 8.47.